The molecule has 1 saturated heterocycles. The quantitative estimate of drug-likeness (QED) is 0.694. The van der Waals surface area contributed by atoms with E-state index in [1.54, 1.807) is 5.38 Å². The van der Waals surface area contributed by atoms with Gasteiger partial charge in [-0.1, -0.05) is 0 Å². The molecule has 6 nitrogen and oxygen atoms in total. The number of hydrogen-bond donors (Lipinski definition) is 3. The molecule has 2 heterocycles. The molecule has 3 N–H and O–H groups in total. The van der Waals surface area contributed by atoms with Crippen molar-refractivity contribution in [3.05, 3.63) is 11.1 Å². The number of hydrogen-bond acceptors (Lipinski definition) is 5. The van der Waals surface area contributed by atoms with Crippen LogP contribution in [-0.4, -0.2) is 34.6 Å². The van der Waals surface area contributed by atoms with Crippen molar-refractivity contribution in [2.45, 2.75) is 18.9 Å². The zero-order chi connectivity index (χ0) is 11.5. The standard InChI is InChI=1S/C9H11N3O3S/c13-7-1-5(3-10-7)11-9-12-6(4-16-9)2-8(14)15/h4-5H,1-3H2,(H,10,13)(H,11,12)(H,14,15). The molecule has 7 heteroatoms. The minimum absolute atomic E-state index is 0.0276. The smallest absolute Gasteiger partial charge is 0.309 e. The second-order valence-corrected chi connectivity index (χ2v) is 4.42. The Hall–Kier alpha value is -1.63. The van der Waals surface area contributed by atoms with Crippen molar-refractivity contribution in [2.24, 2.45) is 0 Å². The highest BCUT2D eigenvalue weighted by Crippen LogP contribution is 2.18. The lowest BCUT2D eigenvalue weighted by Crippen LogP contribution is -2.22. The summed E-state index contributed by atoms with van der Waals surface area (Å²) in [4.78, 5) is 25.5. The van der Waals surface area contributed by atoms with Gasteiger partial charge in [-0.15, -0.1) is 11.3 Å². The van der Waals surface area contributed by atoms with Gasteiger partial charge in [-0.2, -0.15) is 0 Å². The molecule has 1 aromatic rings. The monoisotopic (exact) mass is 241 g/mol. The summed E-state index contributed by atoms with van der Waals surface area (Å²) < 4.78 is 0. The van der Waals surface area contributed by atoms with Gasteiger partial charge in [0.2, 0.25) is 5.91 Å². The third kappa shape index (κ3) is 2.69. The molecule has 1 aromatic heterocycles. The van der Waals surface area contributed by atoms with Gasteiger partial charge in [-0.25, -0.2) is 4.98 Å². The number of carboxylic acids is 1. The lowest BCUT2D eigenvalue weighted by molar-refractivity contribution is -0.136. The van der Waals surface area contributed by atoms with Crippen LogP contribution in [0.15, 0.2) is 5.38 Å². The number of anilines is 1. The van der Waals surface area contributed by atoms with Gasteiger partial charge in [0.1, 0.15) is 0 Å². The van der Waals surface area contributed by atoms with E-state index in [-0.39, 0.29) is 18.4 Å². The van der Waals surface area contributed by atoms with E-state index in [2.05, 4.69) is 15.6 Å². The van der Waals surface area contributed by atoms with E-state index in [4.69, 9.17) is 5.11 Å². The molecule has 1 fully saturated rings. The molecule has 0 radical (unpaired) electrons. The van der Waals surface area contributed by atoms with Crippen LogP contribution in [0.2, 0.25) is 0 Å². The lowest BCUT2D eigenvalue weighted by atomic mass is 10.3. The van der Waals surface area contributed by atoms with Crippen LogP contribution in [0.5, 0.6) is 0 Å². The zero-order valence-corrected chi connectivity index (χ0v) is 9.21. The van der Waals surface area contributed by atoms with Crippen LogP contribution < -0.4 is 10.6 Å². The minimum Gasteiger partial charge on any atom is -0.481 e. The highest BCUT2D eigenvalue weighted by atomic mass is 32.1. The number of carbonyl (C=O) groups is 2. The van der Waals surface area contributed by atoms with Crippen LogP contribution in [-0.2, 0) is 16.0 Å². The van der Waals surface area contributed by atoms with E-state index in [9.17, 15) is 9.59 Å². The fourth-order valence-corrected chi connectivity index (χ4v) is 2.28. The molecule has 1 amide bonds. The van der Waals surface area contributed by atoms with Crippen LogP contribution in [0.1, 0.15) is 12.1 Å². The number of rotatable bonds is 4. The number of carbonyl (C=O) groups excluding carboxylic acids is 1. The minimum atomic E-state index is -0.894. The van der Waals surface area contributed by atoms with Crippen molar-refractivity contribution >= 4 is 28.3 Å². The van der Waals surface area contributed by atoms with Crippen LogP contribution in [0.25, 0.3) is 0 Å². The van der Waals surface area contributed by atoms with E-state index < -0.39 is 5.97 Å². The summed E-state index contributed by atoms with van der Waals surface area (Å²) in [5, 5.41) is 16.8. The molecule has 1 unspecified atom stereocenters. The summed E-state index contributed by atoms with van der Waals surface area (Å²) in [5.74, 6) is -0.866. The van der Waals surface area contributed by atoms with Crippen molar-refractivity contribution in [3.63, 3.8) is 0 Å². The third-order valence-electron chi connectivity index (χ3n) is 2.19. The van der Waals surface area contributed by atoms with Crippen molar-refractivity contribution in [2.75, 3.05) is 11.9 Å². The number of amides is 1. The zero-order valence-electron chi connectivity index (χ0n) is 8.40. The Morgan fingerprint density at radius 1 is 1.75 bits per heavy atom. The van der Waals surface area contributed by atoms with E-state index in [1.165, 1.54) is 11.3 Å². The third-order valence-corrected chi connectivity index (χ3v) is 3.01. The molecule has 1 aliphatic heterocycles. The summed E-state index contributed by atoms with van der Waals surface area (Å²) in [6, 6.07) is 0.0522. The van der Waals surface area contributed by atoms with Gasteiger partial charge in [0.25, 0.3) is 0 Å². The molecule has 16 heavy (non-hydrogen) atoms. The van der Waals surface area contributed by atoms with Crippen molar-refractivity contribution < 1.29 is 14.7 Å². The summed E-state index contributed by atoms with van der Waals surface area (Å²) >= 11 is 1.35. The van der Waals surface area contributed by atoms with Crippen molar-refractivity contribution in [3.8, 4) is 0 Å². The van der Waals surface area contributed by atoms with Gasteiger partial charge in [0.15, 0.2) is 5.13 Å². The number of nitrogens with zero attached hydrogens (tertiary/aromatic N) is 1. The van der Waals surface area contributed by atoms with Crippen molar-refractivity contribution in [1.82, 2.24) is 10.3 Å². The van der Waals surface area contributed by atoms with Gasteiger partial charge < -0.3 is 15.7 Å². The summed E-state index contributed by atoms with van der Waals surface area (Å²) in [6.45, 7) is 0.590. The topological polar surface area (TPSA) is 91.3 Å². The second kappa shape index (κ2) is 4.48. The Morgan fingerprint density at radius 3 is 3.19 bits per heavy atom. The second-order valence-electron chi connectivity index (χ2n) is 3.56. The molecule has 0 bridgehead atoms. The Labute approximate surface area is 95.7 Å². The fraction of sp³-hybridized carbons (Fsp3) is 0.444. The normalized spacial score (nSPS) is 19.5. The molecule has 86 valence electrons. The average Bonchev–Trinajstić information content (AvgIpc) is 2.76. The summed E-state index contributed by atoms with van der Waals surface area (Å²) in [5.41, 5.74) is 0.539. The maximum Gasteiger partial charge on any atom is 0.309 e. The molecular weight excluding hydrogens is 230 g/mol. The SMILES string of the molecule is O=C(O)Cc1csc(NC2CNC(=O)C2)n1. The van der Waals surface area contributed by atoms with E-state index in [0.29, 0.717) is 23.8 Å². The number of carboxylic acid groups (broad SMARTS) is 1. The fourth-order valence-electron chi connectivity index (χ4n) is 1.49. The highest BCUT2D eigenvalue weighted by Gasteiger charge is 2.21. The number of aromatic nitrogens is 1. The Bertz CT molecular complexity index is 418. The molecule has 0 aliphatic carbocycles. The highest BCUT2D eigenvalue weighted by molar-refractivity contribution is 7.13. The number of aliphatic carboxylic acids is 1. The largest absolute Gasteiger partial charge is 0.481 e. The van der Waals surface area contributed by atoms with Crippen molar-refractivity contribution in [1.29, 1.82) is 0 Å². The average molecular weight is 241 g/mol. The van der Waals surface area contributed by atoms with Gasteiger partial charge >= 0.3 is 5.97 Å². The van der Waals surface area contributed by atoms with E-state index in [0.717, 1.165) is 0 Å². The number of thiazole rings is 1. The maximum absolute atomic E-state index is 10.9. The van der Waals surface area contributed by atoms with Crippen LogP contribution in [0.3, 0.4) is 0 Å². The molecule has 2 rings (SSSR count). The molecule has 0 aromatic carbocycles. The molecule has 1 aliphatic rings. The predicted octanol–water partition coefficient (Wildman–Crippen LogP) is 0.0706. The van der Waals surface area contributed by atoms with E-state index >= 15 is 0 Å². The van der Waals surface area contributed by atoms with Gasteiger partial charge in [-0.05, 0) is 0 Å². The molecule has 1 atom stereocenters. The summed E-state index contributed by atoms with van der Waals surface area (Å²) in [6.07, 6.45) is 0.369. The van der Waals surface area contributed by atoms with Gasteiger partial charge in [0.05, 0.1) is 18.2 Å². The first-order chi connectivity index (χ1) is 7.63. The first-order valence-electron chi connectivity index (χ1n) is 4.83. The van der Waals surface area contributed by atoms with Crippen LogP contribution >= 0.6 is 11.3 Å². The lowest BCUT2D eigenvalue weighted by Gasteiger charge is -2.07. The first kappa shape index (κ1) is 10.9. The number of nitrogens with one attached hydrogen (secondary N) is 2. The Kier molecular flexibility index (Phi) is 3.04. The van der Waals surface area contributed by atoms with Crippen LogP contribution in [0, 0.1) is 0 Å². The summed E-state index contributed by atoms with van der Waals surface area (Å²) in [7, 11) is 0. The molecular formula is C9H11N3O3S. The van der Waals surface area contributed by atoms with Crippen LogP contribution in [0.4, 0.5) is 5.13 Å². The van der Waals surface area contributed by atoms with Gasteiger partial charge in [0, 0.05) is 18.3 Å². The Balaban J connectivity index is 1.92. The van der Waals surface area contributed by atoms with Gasteiger partial charge in [-0.3, -0.25) is 9.59 Å². The van der Waals surface area contributed by atoms with E-state index in [1.807, 2.05) is 0 Å². The molecule has 0 saturated carbocycles. The Morgan fingerprint density at radius 2 is 2.56 bits per heavy atom. The maximum atomic E-state index is 10.9. The molecule has 0 spiro atoms. The predicted molar refractivity (Wildman–Crippen MR) is 58.5 cm³/mol. The first-order valence-corrected chi connectivity index (χ1v) is 5.71.